The minimum absolute atomic E-state index is 0.0905. The molecule has 0 atom stereocenters. The topological polar surface area (TPSA) is 42.0 Å². The summed E-state index contributed by atoms with van der Waals surface area (Å²) in [7, 11) is 0. The van der Waals surface area contributed by atoms with Gasteiger partial charge in [-0.3, -0.25) is 4.79 Å². The number of hydrogen-bond donors (Lipinski definition) is 1. The summed E-state index contributed by atoms with van der Waals surface area (Å²) in [5.41, 5.74) is 3.29. The fraction of sp³-hybridized carbons (Fsp3) is 0.231. The lowest BCUT2D eigenvalue weighted by molar-refractivity contribution is -0.114. The number of aromatic nitrogens is 1. The Morgan fingerprint density at radius 1 is 1.35 bits per heavy atom. The van der Waals surface area contributed by atoms with E-state index in [-0.39, 0.29) is 5.91 Å². The Hall–Kier alpha value is -1.68. The van der Waals surface area contributed by atoms with Crippen molar-refractivity contribution in [2.24, 2.45) is 0 Å². The van der Waals surface area contributed by atoms with E-state index in [0.717, 1.165) is 17.7 Å². The largest absolute Gasteiger partial charge is 0.302 e. The van der Waals surface area contributed by atoms with E-state index in [9.17, 15) is 4.79 Å². The zero-order valence-electron chi connectivity index (χ0n) is 9.86. The van der Waals surface area contributed by atoms with Gasteiger partial charge in [0.25, 0.3) is 0 Å². The number of rotatable bonds is 3. The molecule has 0 spiro atoms. The van der Waals surface area contributed by atoms with Crippen LogP contribution >= 0.6 is 11.3 Å². The van der Waals surface area contributed by atoms with Crippen molar-refractivity contribution >= 4 is 22.4 Å². The van der Waals surface area contributed by atoms with Gasteiger partial charge in [0.05, 0.1) is 5.69 Å². The molecule has 1 heterocycles. The highest BCUT2D eigenvalue weighted by molar-refractivity contribution is 7.14. The van der Waals surface area contributed by atoms with E-state index in [1.807, 2.05) is 5.38 Å². The lowest BCUT2D eigenvalue weighted by Crippen LogP contribution is -2.04. The van der Waals surface area contributed by atoms with E-state index in [2.05, 4.69) is 41.5 Å². The van der Waals surface area contributed by atoms with Crippen LogP contribution in [0.5, 0.6) is 0 Å². The van der Waals surface area contributed by atoms with Crippen molar-refractivity contribution in [2.45, 2.75) is 20.3 Å². The third-order valence-electron chi connectivity index (χ3n) is 2.45. The maximum Gasteiger partial charge on any atom is 0.223 e. The van der Waals surface area contributed by atoms with E-state index in [1.165, 1.54) is 23.8 Å². The maximum atomic E-state index is 10.9. The van der Waals surface area contributed by atoms with E-state index in [4.69, 9.17) is 0 Å². The average Bonchev–Trinajstić information content (AvgIpc) is 2.77. The first-order chi connectivity index (χ1) is 8.19. The number of benzene rings is 1. The molecule has 2 aromatic rings. The molecular formula is C13H14N2OS. The lowest BCUT2D eigenvalue weighted by atomic mass is 10.1. The molecule has 3 nitrogen and oxygen atoms in total. The Kier molecular flexibility index (Phi) is 3.54. The molecule has 0 unspecified atom stereocenters. The maximum absolute atomic E-state index is 10.9. The molecule has 0 aliphatic carbocycles. The van der Waals surface area contributed by atoms with Crippen molar-refractivity contribution in [2.75, 3.05) is 5.32 Å². The normalized spacial score (nSPS) is 10.2. The highest BCUT2D eigenvalue weighted by atomic mass is 32.1. The van der Waals surface area contributed by atoms with Crippen LogP contribution in [0.1, 0.15) is 19.4 Å². The molecular weight excluding hydrogens is 232 g/mol. The van der Waals surface area contributed by atoms with Gasteiger partial charge < -0.3 is 5.32 Å². The Morgan fingerprint density at radius 2 is 2.06 bits per heavy atom. The average molecular weight is 246 g/mol. The van der Waals surface area contributed by atoms with E-state index in [1.54, 1.807) is 0 Å². The summed E-state index contributed by atoms with van der Waals surface area (Å²) in [6, 6.07) is 8.33. The summed E-state index contributed by atoms with van der Waals surface area (Å²) >= 11 is 1.44. The Bertz CT molecular complexity index is 516. The molecule has 0 saturated carbocycles. The number of aryl methyl sites for hydroxylation is 1. The number of nitrogens with zero attached hydrogens (tertiary/aromatic N) is 1. The summed E-state index contributed by atoms with van der Waals surface area (Å²) in [6.45, 7) is 3.61. The van der Waals surface area contributed by atoms with E-state index >= 15 is 0 Å². The zero-order chi connectivity index (χ0) is 12.3. The molecule has 1 N–H and O–H groups in total. The predicted octanol–water partition coefficient (Wildman–Crippen LogP) is 3.33. The minimum Gasteiger partial charge on any atom is -0.302 e. The SMILES string of the molecule is CCc1ccc(-c2csc(NC(C)=O)n2)cc1. The Morgan fingerprint density at radius 3 is 2.65 bits per heavy atom. The molecule has 0 aliphatic heterocycles. The van der Waals surface area contributed by atoms with Crippen LogP contribution in [-0.4, -0.2) is 10.9 Å². The first-order valence-electron chi connectivity index (χ1n) is 5.51. The summed E-state index contributed by atoms with van der Waals surface area (Å²) < 4.78 is 0. The number of thiazole rings is 1. The van der Waals surface area contributed by atoms with Crippen LogP contribution in [0.4, 0.5) is 5.13 Å². The van der Waals surface area contributed by atoms with Gasteiger partial charge in [0.2, 0.25) is 5.91 Å². The van der Waals surface area contributed by atoms with Gasteiger partial charge in [0, 0.05) is 17.9 Å². The third-order valence-corrected chi connectivity index (χ3v) is 3.20. The summed E-state index contributed by atoms with van der Waals surface area (Å²) in [4.78, 5) is 15.3. The summed E-state index contributed by atoms with van der Waals surface area (Å²) in [5.74, 6) is -0.0905. The molecule has 1 amide bonds. The highest BCUT2D eigenvalue weighted by Crippen LogP contribution is 2.25. The second-order valence-corrected chi connectivity index (χ2v) is 4.63. The molecule has 1 aromatic carbocycles. The van der Waals surface area contributed by atoms with Crippen LogP contribution in [0.3, 0.4) is 0 Å². The molecule has 88 valence electrons. The van der Waals surface area contributed by atoms with Crippen LogP contribution in [0.15, 0.2) is 29.6 Å². The van der Waals surface area contributed by atoms with Gasteiger partial charge in [-0.1, -0.05) is 31.2 Å². The van der Waals surface area contributed by atoms with Crippen LogP contribution in [0, 0.1) is 0 Å². The highest BCUT2D eigenvalue weighted by Gasteiger charge is 2.05. The van der Waals surface area contributed by atoms with Gasteiger partial charge in [-0.05, 0) is 12.0 Å². The molecule has 0 radical (unpaired) electrons. The first-order valence-corrected chi connectivity index (χ1v) is 6.39. The van der Waals surface area contributed by atoms with Crippen molar-refractivity contribution in [1.29, 1.82) is 0 Å². The van der Waals surface area contributed by atoms with Gasteiger partial charge in [0.15, 0.2) is 5.13 Å². The molecule has 0 saturated heterocycles. The third kappa shape index (κ3) is 2.91. The van der Waals surface area contributed by atoms with Crippen LogP contribution in [0.2, 0.25) is 0 Å². The van der Waals surface area contributed by atoms with Crippen molar-refractivity contribution in [3.8, 4) is 11.3 Å². The number of carbonyl (C=O) groups is 1. The fourth-order valence-electron chi connectivity index (χ4n) is 1.53. The quantitative estimate of drug-likeness (QED) is 0.902. The zero-order valence-corrected chi connectivity index (χ0v) is 10.7. The Balaban J connectivity index is 2.21. The molecule has 0 bridgehead atoms. The number of anilines is 1. The predicted molar refractivity (Wildman–Crippen MR) is 71.2 cm³/mol. The molecule has 0 fully saturated rings. The minimum atomic E-state index is -0.0905. The molecule has 1 aromatic heterocycles. The van der Waals surface area contributed by atoms with Gasteiger partial charge in [-0.15, -0.1) is 11.3 Å². The van der Waals surface area contributed by atoms with Crippen LogP contribution < -0.4 is 5.32 Å². The van der Waals surface area contributed by atoms with E-state index < -0.39 is 0 Å². The lowest BCUT2D eigenvalue weighted by Gasteiger charge is -1.99. The standard InChI is InChI=1S/C13H14N2OS/c1-3-10-4-6-11(7-5-10)12-8-17-13(15-12)14-9(2)16/h4-8H,3H2,1-2H3,(H,14,15,16). The number of carbonyl (C=O) groups excluding carboxylic acids is 1. The van der Waals surface area contributed by atoms with Crippen molar-refractivity contribution < 1.29 is 4.79 Å². The molecule has 4 heteroatoms. The molecule has 2 rings (SSSR count). The van der Waals surface area contributed by atoms with Gasteiger partial charge in [-0.2, -0.15) is 0 Å². The molecule has 17 heavy (non-hydrogen) atoms. The summed E-state index contributed by atoms with van der Waals surface area (Å²) in [5, 5.41) is 5.28. The smallest absolute Gasteiger partial charge is 0.223 e. The van der Waals surface area contributed by atoms with Crippen LogP contribution in [-0.2, 0) is 11.2 Å². The van der Waals surface area contributed by atoms with Gasteiger partial charge >= 0.3 is 0 Å². The Labute approximate surface area is 105 Å². The summed E-state index contributed by atoms with van der Waals surface area (Å²) in [6.07, 6.45) is 1.04. The fourth-order valence-corrected chi connectivity index (χ4v) is 2.29. The number of hydrogen-bond acceptors (Lipinski definition) is 3. The van der Waals surface area contributed by atoms with Gasteiger partial charge in [0.1, 0.15) is 0 Å². The second-order valence-electron chi connectivity index (χ2n) is 3.77. The monoisotopic (exact) mass is 246 g/mol. The van der Waals surface area contributed by atoms with Crippen molar-refractivity contribution in [1.82, 2.24) is 4.98 Å². The first kappa shape index (κ1) is 11.8. The van der Waals surface area contributed by atoms with Crippen LogP contribution in [0.25, 0.3) is 11.3 Å². The number of nitrogens with one attached hydrogen (secondary N) is 1. The van der Waals surface area contributed by atoms with Crippen molar-refractivity contribution in [3.63, 3.8) is 0 Å². The van der Waals surface area contributed by atoms with Crippen molar-refractivity contribution in [3.05, 3.63) is 35.2 Å². The van der Waals surface area contributed by atoms with Gasteiger partial charge in [-0.25, -0.2) is 4.98 Å². The molecule has 0 aliphatic rings. The number of amides is 1. The van der Waals surface area contributed by atoms with E-state index in [0.29, 0.717) is 5.13 Å². The second kappa shape index (κ2) is 5.10.